The van der Waals surface area contributed by atoms with Gasteiger partial charge in [-0.2, -0.15) is 0 Å². The van der Waals surface area contributed by atoms with E-state index >= 15 is 0 Å². The zero-order valence-electron chi connectivity index (χ0n) is 17.3. The average molecular weight is 478 g/mol. The lowest BCUT2D eigenvalue weighted by Gasteiger charge is -2.11. The quantitative estimate of drug-likeness (QED) is 0.420. The van der Waals surface area contributed by atoms with Crippen LogP contribution in [0.25, 0.3) is 16.8 Å². The van der Waals surface area contributed by atoms with Crippen LogP contribution in [0.4, 0.5) is 0 Å². The maximum Gasteiger partial charge on any atom is 0.264 e. The molecule has 4 rings (SSSR count). The third kappa shape index (κ3) is 4.72. The van der Waals surface area contributed by atoms with Gasteiger partial charge < -0.3 is 0 Å². The van der Waals surface area contributed by atoms with E-state index in [0.29, 0.717) is 5.39 Å². The minimum atomic E-state index is -4.04. The summed E-state index contributed by atoms with van der Waals surface area (Å²) in [5.74, 6) is -0.892. The maximum absolute atomic E-state index is 13.5. The lowest BCUT2D eigenvalue weighted by atomic mass is 10.1. The molecule has 6 nitrogen and oxygen atoms in total. The molecule has 4 aromatic rings. The largest absolute Gasteiger partial charge is 0.269 e. The number of rotatable bonds is 6. The molecule has 166 valence electrons. The fraction of sp³-hybridized carbons (Fsp3) is 0. The van der Waals surface area contributed by atoms with Gasteiger partial charge in [-0.1, -0.05) is 72.8 Å². The predicted molar refractivity (Wildman–Crippen MR) is 127 cm³/mol. The minimum Gasteiger partial charge on any atom is -0.269 e. The van der Waals surface area contributed by atoms with Gasteiger partial charge >= 0.3 is 0 Å². The van der Waals surface area contributed by atoms with E-state index in [-0.39, 0.29) is 20.2 Å². The van der Waals surface area contributed by atoms with Gasteiger partial charge in [0.1, 0.15) is 0 Å². The highest BCUT2D eigenvalue weighted by molar-refractivity contribution is 7.91. The topological polar surface area (TPSA) is 97.4 Å². The lowest BCUT2D eigenvalue weighted by Crippen LogP contribution is -2.28. The molecule has 0 unspecified atom stereocenters. The molecule has 0 spiro atoms. The average Bonchev–Trinajstić information content (AvgIpc) is 2.83. The number of sulfone groups is 1. The first-order valence-corrected chi connectivity index (χ1v) is 12.9. The Labute approximate surface area is 192 Å². The molecule has 1 N–H and O–H groups in total. The van der Waals surface area contributed by atoms with Crippen LogP contribution in [-0.4, -0.2) is 22.7 Å². The molecular formula is C25H19NO5S2. The Balaban J connectivity index is 1.67. The fourth-order valence-electron chi connectivity index (χ4n) is 3.40. The summed E-state index contributed by atoms with van der Waals surface area (Å²) in [6, 6.07) is 25.9. The van der Waals surface area contributed by atoms with Crippen LogP contribution in [0.1, 0.15) is 5.56 Å². The smallest absolute Gasteiger partial charge is 0.264 e. The third-order valence-corrected chi connectivity index (χ3v) is 8.20. The van der Waals surface area contributed by atoms with Crippen LogP contribution in [0.3, 0.4) is 0 Å². The van der Waals surface area contributed by atoms with Crippen molar-refractivity contribution in [1.29, 1.82) is 0 Å². The lowest BCUT2D eigenvalue weighted by molar-refractivity contribution is -0.114. The molecule has 0 aromatic heterocycles. The second kappa shape index (κ2) is 9.01. The molecule has 1 amide bonds. The summed E-state index contributed by atoms with van der Waals surface area (Å²) in [4.78, 5) is 12.4. The SMILES string of the molecule is O=C(/C=C/c1ccccc1S(=O)(=O)c1cccc2ccccc12)NS(=O)(=O)c1ccccc1. The number of benzene rings is 4. The molecule has 0 fully saturated rings. The van der Waals surface area contributed by atoms with E-state index in [0.717, 1.165) is 11.5 Å². The van der Waals surface area contributed by atoms with E-state index in [2.05, 4.69) is 0 Å². The molecule has 0 bridgehead atoms. The number of nitrogens with one attached hydrogen (secondary N) is 1. The molecule has 0 saturated heterocycles. The summed E-state index contributed by atoms with van der Waals surface area (Å²) in [6.07, 6.45) is 2.28. The molecule has 0 heterocycles. The van der Waals surface area contributed by atoms with E-state index in [1.54, 1.807) is 54.6 Å². The van der Waals surface area contributed by atoms with Crippen LogP contribution in [0.2, 0.25) is 0 Å². The number of sulfonamides is 1. The van der Waals surface area contributed by atoms with Gasteiger partial charge in [0.15, 0.2) is 0 Å². The van der Waals surface area contributed by atoms with Crippen LogP contribution in [0.5, 0.6) is 0 Å². The second-order valence-corrected chi connectivity index (χ2v) is 10.7. The highest BCUT2D eigenvalue weighted by Gasteiger charge is 2.22. The first-order valence-electron chi connectivity index (χ1n) is 9.91. The predicted octanol–water partition coefficient (Wildman–Crippen LogP) is 4.19. The van der Waals surface area contributed by atoms with Crippen molar-refractivity contribution < 1.29 is 21.6 Å². The van der Waals surface area contributed by atoms with Crippen molar-refractivity contribution in [3.63, 3.8) is 0 Å². The van der Waals surface area contributed by atoms with Gasteiger partial charge in [0.2, 0.25) is 9.84 Å². The monoisotopic (exact) mass is 477 g/mol. The normalized spacial score (nSPS) is 12.1. The molecule has 0 aliphatic heterocycles. The van der Waals surface area contributed by atoms with Gasteiger partial charge in [-0.25, -0.2) is 21.6 Å². The van der Waals surface area contributed by atoms with Crippen LogP contribution < -0.4 is 4.72 Å². The molecule has 0 aliphatic carbocycles. The van der Waals surface area contributed by atoms with Crippen LogP contribution >= 0.6 is 0 Å². The molecule has 0 radical (unpaired) electrons. The Morgan fingerprint density at radius 1 is 0.667 bits per heavy atom. The Morgan fingerprint density at radius 3 is 2.06 bits per heavy atom. The highest BCUT2D eigenvalue weighted by Crippen LogP contribution is 2.30. The molecule has 33 heavy (non-hydrogen) atoms. The molecular weight excluding hydrogens is 458 g/mol. The fourth-order valence-corrected chi connectivity index (χ4v) is 6.04. The molecule has 0 atom stereocenters. The van der Waals surface area contributed by atoms with E-state index in [1.165, 1.54) is 30.3 Å². The summed E-state index contributed by atoms with van der Waals surface area (Å²) in [5, 5.41) is 1.38. The summed E-state index contributed by atoms with van der Waals surface area (Å²) in [5.41, 5.74) is 0.262. The zero-order valence-corrected chi connectivity index (χ0v) is 18.9. The Hall–Kier alpha value is -3.75. The van der Waals surface area contributed by atoms with Gasteiger partial charge in [-0.3, -0.25) is 4.79 Å². The molecule has 0 saturated carbocycles. The van der Waals surface area contributed by atoms with Crippen LogP contribution in [0, 0.1) is 0 Å². The first-order chi connectivity index (χ1) is 15.8. The van der Waals surface area contributed by atoms with E-state index < -0.39 is 25.8 Å². The van der Waals surface area contributed by atoms with Crippen molar-refractivity contribution in [1.82, 2.24) is 4.72 Å². The Bertz CT molecular complexity index is 1570. The van der Waals surface area contributed by atoms with Crippen molar-refractivity contribution >= 4 is 42.6 Å². The van der Waals surface area contributed by atoms with Gasteiger partial charge in [0, 0.05) is 11.5 Å². The standard InChI is InChI=1S/C25H19NO5S2/c27-25(26-33(30,31)21-12-2-1-3-13-21)18-17-20-10-5-7-15-23(20)32(28,29)24-16-8-11-19-9-4-6-14-22(19)24/h1-18H,(H,26,27)/b18-17+. The third-order valence-electron chi connectivity index (χ3n) is 4.95. The number of fused-ring (bicyclic) bond motifs is 1. The minimum absolute atomic E-state index is 0.0105. The first kappa shape index (κ1) is 22.4. The molecule has 0 aliphatic rings. The summed E-state index contributed by atoms with van der Waals surface area (Å²) < 4.78 is 53.6. The number of carbonyl (C=O) groups excluding carboxylic acids is 1. The van der Waals surface area contributed by atoms with Gasteiger partial charge in [-0.15, -0.1) is 0 Å². The van der Waals surface area contributed by atoms with Crippen molar-refractivity contribution in [2.75, 3.05) is 0 Å². The van der Waals surface area contributed by atoms with Crippen molar-refractivity contribution in [2.45, 2.75) is 14.7 Å². The number of amides is 1. The number of carbonyl (C=O) groups is 1. The van der Waals surface area contributed by atoms with Gasteiger partial charge in [0.05, 0.1) is 14.7 Å². The second-order valence-electron chi connectivity index (χ2n) is 7.13. The van der Waals surface area contributed by atoms with Crippen molar-refractivity contribution in [2.24, 2.45) is 0 Å². The summed E-state index contributed by atoms with van der Waals surface area (Å²) >= 11 is 0. The van der Waals surface area contributed by atoms with E-state index in [9.17, 15) is 21.6 Å². The molecule has 4 aromatic carbocycles. The summed E-state index contributed by atoms with van der Waals surface area (Å²) in [7, 11) is -7.96. The van der Waals surface area contributed by atoms with E-state index in [4.69, 9.17) is 0 Å². The Morgan fingerprint density at radius 2 is 1.27 bits per heavy atom. The zero-order chi connectivity index (χ0) is 23.5. The van der Waals surface area contributed by atoms with Crippen LogP contribution in [-0.2, 0) is 24.7 Å². The number of hydrogen-bond donors (Lipinski definition) is 1. The van der Waals surface area contributed by atoms with E-state index in [1.807, 2.05) is 22.9 Å². The van der Waals surface area contributed by atoms with Crippen LogP contribution in [0.15, 0.2) is 118 Å². The van der Waals surface area contributed by atoms with Gasteiger partial charge in [-0.05, 0) is 41.3 Å². The van der Waals surface area contributed by atoms with Crippen molar-refractivity contribution in [3.8, 4) is 0 Å². The van der Waals surface area contributed by atoms with Crippen molar-refractivity contribution in [3.05, 3.63) is 109 Å². The molecule has 8 heteroatoms. The summed E-state index contributed by atoms with van der Waals surface area (Å²) in [6.45, 7) is 0. The number of hydrogen-bond acceptors (Lipinski definition) is 5. The Kier molecular flexibility index (Phi) is 6.13. The maximum atomic E-state index is 13.5. The highest BCUT2D eigenvalue weighted by atomic mass is 32.2. The van der Waals surface area contributed by atoms with Gasteiger partial charge in [0.25, 0.3) is 15.9 Å².